The van der Waals surface area contributed by atoms with Gasteiger partial charge in [0.2, 0.25) is 0 Å². The molecule has 0 unspecified atom stereocenters. The van der Waals surface area contributed by atoms with E-state index in [0.29, 0.717) is 0 Å². The molecule has 1 atom stereocenters. The van der Waals surface area contributed by atoms with Crippen molar-refractivity contribution in [2.45, 2.75) is 27.7 Å². The molecule has 0 heterocycles. The molecule has 0 aliphatic rings. The molecule has 0 saturated carbocycles. The van der Waals surface area contributed by atoms with Crippen LogP contribution in [0.15, 0.2) is 36.0 Å². The summed E-state index contributed by atoms with van der Waals surface area (Å²) in [6.45, 7) is 7.73. The van der Waals surface area contributed by atoms with Crippen LogP contribution in [0.3, 0.4) is 0 Å². The Kier molecular flexibility index (Phi) is 5.86. The summed E-state index contributed by atoms with van der Waals surface area (Å²) in [6.07, 6.45) is 9.34. The van der Waals surface area contributed by atoms with Crippen molar-refractivity contribution < 1.29 is 4.79 Å². The van der Waals surface area contributed by atoms with E-state index in [1.807, 2.05) is 45.9 Å². The molecular weight excluding hydrogens is 160 g/mol. The summed E-state index contributed by atoms with van der Waals surface area (Å²) in [4.78, 5) is 11.3. The van der Waals surface area contributed by atoms with Crippen LogP contribution < -0.4 is 0 Å². The van der Waals surface area contributed by atoms with Crippen molar-refractivity contribution in [3.05, 3.63) is 36.0 Å². The second kappa shape index (κ2) is 6.41. The highest BCUT2D eigenvalue weighted by Gasteiger charge is 2.04. The molecule has 0 aliphatic carbocycles. The number of carbonyl (C=O) groups is 1. The molecule has 0 aromatic carbocycles. The fourth-order valence-corrected chi connectivity index (χ4v) is 1.11. The lowest BCUT2D eigenvalue weighted by atomic mass is 10.0. The van der Waals surface area contributed by atoms with E-state index in [2.05, 4.69) is 0 Å². The van der Waals surface area contributed by atoms with Crippen LogP contribution in [-0.2, 0) is 4.79 Å². The predicted molar refractivity (Wildman–Crippen MR) is 57.6 cm³/mol. The molecule has 0 rings (SSSR count). The van der Waals surface area contributed by atoms with Gasteiger partial charge in [0.15, 0.2) is 5.78 Å². The molecule has 1 nitrogen and oxygen atoms in total. The monoisotopic (exact) mass is 178 g/mol. The van der Waals surface area contributed by atoms with Gasteiger partial charge in [0.05, 0.1) is 0 Å². The molecule has 0 aromatic heterocycles. The summed E-state index contributed by atoms with van der Waals surface area (Å²) in [7, 11) is 0. The molecule has 1 heteroatoms. The Morgan fingerprint density at radius 2 is 1.69 bits per heavy atom. The van der Waals surface area contributed by atoms with Crippen LogP contribution in [0.25, 0.3) is 0 Å². The fraction of sp³-hybridized carbons (Fsp3) is 0.417. The molecule has 0 aromatic rings. The predicted octanol–water partition coefficient (Wildman–Crippen LogP) is 3.29. The van der Waals surface area contributed by atoms with E-state index < -0.39 is 0 Å². The van der Waals surface area contributed by atoms with Gasteiger partial charge in [-0.1, -0.05) is 36.8 Å². The summed E-state index contributed by atoms with van der Waals surface area (Å²) in [5, 5.41) is 0. The van der Waals surface area contributed by atoms with Crippen molar-refractivity contribution in [1.82, 2.24) is 0 Å². The molecule has 0 N–H and O–H groups in total. The molecule has 72 valence electrons. The lowest BCUT2D eigenvalue weighted by molar-refractivity contribution is -0.116. The highest BCUT2D eigenvalue weighted by molar-refractivity contribution is 5.92. The van der Waals surface area contributed by atoms with Crippen LogP contribution in [-0.4, -0.2) is 5.78 Å². The van der Waals surface area contributed by atoms with Gasteiger partial charge in [-0.25, -0.2) is 0 Å². The van der Waals surface area contributed by atoms with Crippen molar-refractivity contribution in [2.24, 2.45) is 5.92 Å². The number of ketones is 1. The zero-order valence-electron chi connectivity index (χ0n) is 8.87. The largest absolute Gasteiger partial charge is 0.294 e. The van der Waals surface area contributed by atoms with Crippen LogP contribution in [0.5, 0.6) is 0 Å². The topological polar surface area (TPSA) is 17.1 Å². The maximum absolute atomic E-state index is 11.3. The third-order valence-electron chi connectivity index (χ3n) is 1.72. The highest BCUT2D eigenvalue weighted by Crippen LogP contribution is 2.06. The van der Waals surface area contributed by atoms with Gasteiger partial charge in [-0.3, -0.25) is 4.79 Å². The van der Waals surface area contributed by atoms with Crippen LogP contribution in [0.2, 0.25) is 0 Å². The first-order chi connectivity index (χ1) is 6.11. The van der Waals surface area contributed by atoms with Crippen molar-refractivity contribution in [1.29, 1.82) is 0 Å². The Hall–Kier alpha value is -1.11. The molecule has 0 bridgehead atoms. The van der Waals surface area contributed by atoms with Gasteiger partial charge in [-0.2, -0.15) is 0 Å². The first-order valence-electron chi connectivity index (χ1n) is 4.59. The molecule has 0 radical (unpaired) electrons. The minimum Gasteiger partial charge on any atom is -0.294 e. The third kappa shape index (κ3) is 5.18. The van der Waals surface area contributed by atoms with Gasteiger partial charge in [0, 0.05) is 5.92 Å². The molecular formula is C12H18O. The number of hydrogen-bond donors (Lipinski definition) is 0. The van der Waals surface area contributed by atoms with E-state index in [9.17, 15) is 4.79 Å². The van der Waals surface area contributed by atoms with E-state index in [1.165, 1.54) is 0 Å². The first kappa shape index (κ1) is 11.9. The van der Waals surface area contributed by atoms with Crippen LogP contribution in [0.4, 0.5) is 0 Å². The standard InChI is InChI=1S/C12H18O/c1-5-7-10(3)9-11(4)12(13)8-6-2/h5-9,11H,1-4H3/b7-5+,8-6+,10-9-/t11-/m1/s1. The maximum Gasteiger partial charge on any atom is 0.161 e. The van der Waals surface area contributed by atoms with Crippen LogP contribution >= 0.6 is 0 Å². The lowest BCUT2D eigenvalue weighted by Crippen LogP contribution is -2.04. The Balaban J connectivity index is 4.36. The minimum absolute atomic E-state index is 0.0209. The van der Waals surface area contributed by atoms with Crippen LogP contribution in [0, 0.1) is 5.92 Å². The van der Waals surface area contributed by atoms with E-state index in [4.69, 9.17) is 0 Å². The molecule has 0 spiro atoms. The Labute approximate surface area is 80.8 Å². The SMILES string of the molecule is C/C=C/C(=O)[C@H](C)/C=C(C)\C=C\C. The normalized spacial score (nSPS) is 15.5. The summed E-state index contributed by atoms with van der Waals surface area (Å²) in [5.74, 6) is 0.138. The maximum atomic E-state index is 11.3. The minimum atomic E-state index is -0.0209. The zero-order valence-corrected chi connectivity index (χ0v) is 8.87. The van der Waals surface area contributed by atoms with E-state index in [0.717, 1.165) is 5.57 Å². The summed E-state index contributed by atoms with van der Waals surface area (Å²) in [6, 6.07) is 0. The average Bonchev–Trinajstić information content (AvgIpc) is 2.05. The average molecular weight is 178 g/mol. The van der Waals surface area contributed by atoms with Gasteiger partial charge in [-0.05, 0) is 26.8 Å². The van der Waals surface area contributed by atoms with Gasteiger partial charge >= 0.3 is 0 Å². The number of carbonyl (C=O) groups excluding carboxylic acids is 1. The quantitative estimate of drug-likeness (QED) is 0.477. The molecule has 13 heavy (non-hydrogen) atoms. The Bertz CT molecular complexity index is 244. The molecule has 0 saturated heterocycles. The molecule has 0 fully saturated rings. The second-order valence-corrected chi connectivity index (χ2v) is 3.10. The highest BCUT2D eigenvalue weighted by atomic mass is 16.1. The summed E-state index contributed by atoms with van der Waals surface area (Å²) in [5.41, 5.74) is 1.13. The lowest BCUT2D eigenvalue weighted by Gasteiger charge is -2.01. The summed E-state index contributed by atoms with van der Waals surface area (Å²) >= 11 is 0. The smallest absolute Gasteiger partial charge is 0.161 e. The van der Waals surface area contributed by atoms with Crippen molar-refractivity contribution in [2.75, 3.05) is 0 Å². The molecule has 0 amide bonds. The van der Waals surface area contributed by atoms with Gasteiger partial charge < -0.3 is 0 Å². The van der Waals surface area contributed by atoms with Crippen molar-refractivity contribution in [3.8, 4) is 0 Å². The van der Waals surface area contributed by atoms with Gasteiger partial charge in [0.1, 0.15) is 0 Å². The zero-order chi connectivity index (χ0) is 10.3. The van der Waals surface area contributed by atoms with E-state index >= 15 is 0 Å². The van der Waals surface area contributed by atoms with E-state index in [1.54, 1.807) is 12.2 Å². The summed E-state index contributed by atoms with van der Waals surface area (Å²) < 4.78 is 0. The number of allylic oxidation sites excluding steroid dienone is 6. The van der Waals surface area contributed by atoms with Crippen molar-refractivity contribution in [3.63, 3.8) is 0 Å². The Morgan fingerprint density at radius 3 is 2.15 bits per heavy atom. The number of hydrogen-bond acceptors (Lipinski definition) is 1. The van der Waals surface area contributed by atoms with Gasteiger partial charge in [-0.15, -0.1) is 0 Å². The third-order valence-corrected chi connectivity index (χ3v) is 1.72. The second-order valence-electron chi connectivity index (χ2n) is 3.10. The molecule has 0 aliphatic heterocycles. The van der Waals surface area contributed by atoms with Crippen LogP contribution in [0.1, 0.15) is 27.7 Å². The fourth-order valence-electron chi connectivity index (χ4n) is 1.11. The van der Waals surface area contributed by atoms with Crippen molar-refractivity contribution >= 4 is 5.78 Å². The Morgan fingerprint density at radius 1 is 1.15 bits per heavy atom. The first-order valence-corrected chi connectivity index (χ1v) is 4.59. The van der Waals surface area contributed by atoms with Gasteiger partial charge in [0.25, 0.3) is 0 Å². The number of rotatable bonds is 4. The van der Waals surface area contributed by atoms with E-state index in [-0.39, 0.29) is 11.7 Å².